The first-order chi connectivity index (χ1) is 6.76. The molecule has 6 heteroatoms. The second-order valence-electron chi connectivity index (χ2n) is 3.42. The monoisotopic (exact) mass is 248 g/mol. The summed E-state index contributed by atoms with van der Waals surface area (Å²) in [5.41, 5.74) is 6.61. The van der Waals surface area contributed by atoms with Gasteiger partial charge in [-0.2, -0.15) is 0 Å². The molecule has 0 amide bonds. The van der Waals surface area contributed by atoms with Crippen LogP contribution < -0.4 is 5.73 Å². The number of nitrogen functional groups attached to an aromatic ring is 1. The molecule has 0 aliphatic heterocycles. The van der Waals surface area contributed by atoms with E-state index in [4.69, 9.17) is 17.3 Å². The van der Waals surface area contributed by atoms with Gasteiger partial charge in [-0.3, -0.25) is 0 Å². The van der Waals surface area contributed by atoms with Gasteiger partial charge < -0.3 is 5.73 Å². The third-order valence-electron chi connectivity index (χ3n) is 2.07. The number of benzene rings is 1. The van der Waals surface area contributed by atoms with E-state index in [1.54, 1.807) is 13.0 Å². The van der Waals surface area contributed by atoms with Crippen LogP contribution >= 0.6 is 11.6 Å². The quantitative estimate of drug-likeness (QED) is 0.807. The maximum atomic E-state index is 11.8. The van der Waals surface area contributed by atoms with Gasteiger partial charge in [0.25, 0.3) is 0 Å². The molecule has 0 unspecified atom stereocenters. The van der Waals surface area contributed by atoms with Crippen molar-refractivity contribution in [2.75, 3.05) is 19.8 Å². The molecule has 0 radical (unpaired) electrons. The van der Waals surface area contributed by atoms with Crippen molar-refractivity contribution in [1.82, 2.24) is 4.31 Å². The van der Waals surface area contributed by atoms with Crippen molar-refractivity contribution in [3.05, 3.63) is 22.7 Å². The first-order valence-corrected chi connectivity index (χ1v) is 6.06. The molecule has 0 heterocycles. The fourth-order valence-corrected chi connectivity index (χ4v) is 2.58. The van der Waals surface area contributed by atoms with Gasteiger partial charge >= 0.3 is 0 Å². The minimum Gasteiger partial charge on any atom is -0.397 e. The number of nitrogens with two attached hydrogens (primary N) is 1. The zero-order chi connectivity index (χ0) is 11.8. The highest BCUT2D eigenvalue weighted by Gasteiger charge is 2.21. The van der Waals surface area contributed by atoms with Crippen LogP contribution in [0.5, 0.6) is 0 Å². The smallest absolute Gasteiger partial charge is 0.244 e. The molecule has 0 saturated heterocycles. The van der Waals surface area contributed by atoms with Gasteiger partial charge in [-0.05, 0) is 24.6 Å². The fraction of sp³-hybridized carbons (Fsp3) is 0.333. The lowest BCUT2D eigenvalue weighted by Crippen LogP contribution is -2.23. The maximum Gasteiger partial charge on any atom is 0.244 e. The zero-order valence-corrected chi connectivity index (χ0v) is 10.4. The molecule has 0 aromatic heterocycles. The lowest BCUT2D eigenvalue weighted by molar-refractivity contribution is 0.521. The van der Waals surface area contributed by atoms with Crippen molar-refractivity contribution in [3.8, 4) is 0 Å². The lowest BCUT2D eigenvalue weighted by Gasteiger charge is -2.14. The van der Waals surface area contributed by atoms with Crippen LogP contribution in [-0.4, -0.2) is 26.8 Å². The molecular weight excluding hydrogens is 236 g/mol. The van der Waals surface area contributed by atoms with E-state index in [2.05, 4.69) is 0 Å². The van der Waals surface area contributed by atoms with Crippen LogP contribution in [0.3, 0.4) is 0 Å². The Labute approximate surface area is 94.7 Å². The van der Waals surface area contributed by atoms with E-state index >= 15 is 0 Å². The Balaban J connectivity index is 3.52. The van der Waals surface area contributed by atoms with Crippen molar-refractivity contribution < 1.29 is 8.42 Å². The molecule has 0 saturated carbocycles. The van der Waals surface area contributed by atoms with Crippen LogP contribution in [0, 0.1) is 6.92 Å². The van der Waals surface area contributed by atoms with Crippen molar-refractivity contribution in [3.63, 3.8) is 0 Å². The van der Waals surface area contributed by atoms with Crippen molar-refractivity contribution >= 4 is 27.3 Å². The van der Waals surface area contributed by atoms with Crippen molar-refractivity contribution in [1.29, 1.82) is 0 Å². The Morgan fingerprint density at radius 1 is 1.33 bits per heavy atom. The molecule has 4 nitrogen and oxygen atoms in total. The molecular formula is C9H13ClN2O2S. The number of hydrogen-bond acceptors (Lipinski definition) is 3. The SMILES string of the molecule is Cc1cc(Cl)cc(S(=O)(=O)N(C)C)c1N. The molecule has 0 fully saturated rings. The highest BCUT2D eigenvalue weighted by Crippen LogP contribution is 2.27. The molecule has 0 spiro atoms. The van der Waals surface area contributed by atoms with Gasteiger partial charge in [-0.15, -0.1) is 0 Å². The van der Waals surface area contributed by atoms with Gasteiger partial charge in [0, 0.05) is 19.1 Å². The van der Waals surface area contributed by atoms with Crippen LogP contribution in [0.15, 0.2) is 17.0 Å². The summed E-state index contributed by atoms with van der Waals surface area (Å²) in [6, 6.07) is 2.99. The highest BCUT2D eigenvalue weighted by atomic mass is 35.5. The summed E-state index contributed by atoms with van der Waals surface area (Å²) >= 11 is 5.79. The Hall–Kier alpha value is -0.780. The fourth-order valence-electron chi connectivity index (χ4n) is 1.13. The summed E-state index contributed by atoms with van der Waals surface area (Å²) in [6.45, 7) is 1.72. The number of nitrogens with zero attached hydrogens (tertiary/aromatic N) is 1. The van der Waals surface area contributed by atoms with Gasteiger partial charge in [0.1, 0.15) is 4.90 Å². The lowest BCUT2D eigenvalue weighted by atomic mass is 10.2. The average Bonchev–Trinajstić information content (AvgIpc) is 2.10. The average molecular weight is 249 g/mol. The Morgan fingerprint density at radius 3 is 2.33 bits per heavy atom. The number of sulfonamides is 1. The second-order valence-corrected chi connectivity index (χ2v) is 5.98. The van der Waals surface area contributed by atoms with Crippen molar-refractivity contribution in [2.45, 2.75) is 11.8 Å². The number of rotatable bonds is 2. The summed E-state index contributed by atoms with van der Waals surface area (Å²) < 4.78 is 24.8. The molecule has 2 N–H and O–H groups in total. The summed E-state index contributed by atoms with van der Waals surface area (Å²) in [5, 5.41) is 0.363. The van der Waals surface area contributed by atoms with Gasteiger partial charge in [-0.25, -0.2) is 12.7 Å². The molecule has 1 aromatic carbocycles. The molecule has 0 bridgehead atoms. The molecule has 0 atom stereocenters. The van der Waals surface area contributed by atoms with Crippen LogP contribution in [0.1, 0.15) is 5.56 Å². The zero-order valence-electron chi connectivity index (χ0n) is 8.78. The molecule has 1 rings (SSSR count). The van der Waals surface area contributed by atoms with Gasteiger partial charge in [0.15, 0.2) is 0 Å². The normalized spacial score (nSPS) is 12.1. The highest BCUT2D eigenvalue weighted by molar-refractivity contribution is 7.89. The van der Waals surface area contributed by atoms with Crippen LogP contribution in [0.2, 0.25) is 5.02 Å². The maximum absolute atomic E-state index is 11.8. The topological polar surface area (TPSA) is 63.4 Å². The Morgan fingerprint density at radius 2 is 1.87 bits per heavy atom. The molecule has 15 heavy (non-hydrogen) atoms. The number of hydrogen-bond donors (Lipinski definition) is 1. The summed E-state index contributed by atoms with van der Waals surface area (Å²) in [5.74, 6) is 0. The first kappa shape index (κ1) is 12.3. The second kappa shape index (κ2) is 4.00. The number of anilines is 1. The summed E-state index contributed by atoms with van der Waals surface area (Å²) in [4.78, 5) is 0.0532. The number of halogens is 1. The predicted molar refractivity (Wildman–Crippen MR) is 61.5 cm³/mol. The largest absolute Gasteiger partial charge is 0.397 e. The van der Waals surface area contributed by atoms with Gasteiger partial charge in [0.2, 0.25) is 10.0 Å². The first-order valence-electron chi connectivity index (χ1n) is 4.25. The van der Waals surface area contributed by atoms with Crippen LogP contribution in [-0.2, 0) is 10.0 Å². The molecule has 1 aromatic rings. The third-order valence-corrected chi connectivity index (χ3v) is 4.15. The standard InChI is InChI=1S/C9H13ClN2O2S/c1-6-4-7(10)5-8(9(6)11)15(13,14)12(2)3/h4-5H,11H2,1-3H3. The number of aryl methyl sites for hydroxylation is 1. The van der Waals surface area contributed by atoms with Crippen LogP contribution in [0.4, 0.5) is 5.69 Å². The van der Waals surface area contributed by atoms with Gasteiger partial charge in [-0.1, -0.05) is 11.6 Å². The molecule has 84 valence electrons. The van der Waals surface area contributed by atoms with Gasteiger partial charge in [0.05, 0.1) is 5.69 Å². The van der Waals surface area contributed by atoms with E-state index in [-0.39, 0.29) is 10.6 Å². The van der Waals surface area contributed by atoms with E-state index < -0.39 is 10.0 Å². The minimum absolute atomic E-state index is 0.0532. The summed E-state index contributed by atoms with van der Waals surface area (Å²) in [7, 11) is -0.630. The van der Waals surface area contributed by atoms with E-state index in [0.717, 1.165) is 4.31 Å². The predicted octanol–water partition coefficient (Wildman–Crippen LogP) is 1.48. The Bertz CT molecular complexity index is 483. The van der Waals surface area contributed by atoms with E-state index in [1.807, 2.05) is 0 Å². The minimum atomic E-state index is -3.53. The summed E-state index contributed by atoms with van der Waals surface area (Å²) in [6.07, 6.45) is 0. The molecule has 0 aliphatic rings. The van der Waals surface area contributed by atoms with E-state index in [1.165, 1.54) is 20.2 Å². The van der Waals surface area contributed by atoms with E-state index in [0.29, 0.717) is 10.6 Å². The Kier molecular flexibility index (Phi) is 3.28. The molecule has 0 aliphatic carbocycles. The third kappa shape index (κ3) is 2.25. The van der Waals surface area contributed by atoms with Crippen LogP contribution in [0.25, 0.3) is 0 Å². The van der Waals surface area contributed by atoms with E-state index in [9.17, 15) is 8.42 Å². The van der Waals surface area contributed by atoms with Crippen molar-refractivity contribution in [2.24, 2.45) is 0 Å².